The van der Waals surface area contributed by atoms with Gasteiger partial charge in [0.1, 0.15) is 28.6 Å². The summed E-state index contributed by atoms with van der Waals surface area (Å²) >= 11 is 0. The fourth-order valence-electron chi connectivity index (χ4n) is 3.28. The van der Waals surface area contributed by atoms with Crippen molar-refractivity contribution >= 4 is 17.6 Å². The van der Waals surface area contributed by atoms with E-state index in [-0.39, 0.29) is 17.0 Å². The van der Waals surface area contributed by atoms with Crippen LogP contribution in [-0.2, 0) is 9.53 Å². The third-order valence-corrected chi connectivity index (χ3v) is 4.97. The molecule has 0 aliphatic carbocycles. The van der Waals surface area contributed by atoms with E-state index < -0.39 is 11.5 Å². The Labute approximate surface area is 178 Å². The van der Waals surface area contributed by atoms with E-state index in [2.05, 4.69) is 4.98 Å². The van der Waals surface area contributed by atoms with E-state index in [4.69, 9.17) is 9.47 Å². The molecule has 156 valence electrons. The van der Waals surface area contributed by atoms with Crippen molar-refractivity contribution in [1.29, 1.82) is 5.26 Å². The van der Waals surface area contributed by atoms with Crippen molar-refractivity contribution < 1.29 is 14.3 Å². The summed E-state index contributed by atoms with van der Waals surface area (Å²) in [4.78, 5) is 32.1. The molecule has 8 nitrogen and oxygen atoms in total. The Morgan fingerprint density at radius 3 is 2.68 bits per heavy atom. The lowest BCUT2D eigenvalue weighted by Crippen LogP contribution is -2.41. The molecule has 1 amide bonds. The second-order valence-electron chi connectivity index (χ2n) is 7.01. The van der Waals surface area contributed by atoms with Gasteiger partial charge in [-0.15, -0.1) is 0 Å². The van der Waals surface area contributed by atoms with Gasteiger partial charge in [0.2, 0.25) is 5.88 Å². The van der Waals surface area contributed by atoms with E-state index in [9.17, 15) is 14.9 Å². The molecule has 0 N–H and O–H groups in total. The number of fused-ring (bicyclic) bond motifs is 1. The van der Waals surface area contributed by atoms with Crippen molar-refractivity contribution in [2.24, 2.45) is 0 Å². The topological polar surface area (TPSA) is 96.9 Å². The number of benzene rings is 1. The molecule has 3 heterocycles. The maximum atomic E-state index is 13.2. The van der Waals surface area contributed by atoms with Crippen molar-refractivity contribution in [3.05, 3.63) is 75.7 Å². The minimum Gasteiger partial charge on any atom is -0.438 e. The summed E-state index contributed by atoms with van der Waals surface area (Å²) in [5, 5.41) is 9.65. The Kier molecular flexibility index (Phi) is 5.78. The van der Waals surface area contributed by atoms with Crippen molar-refractivity contribution in [3.8, 4) is 17.7 Å². The molecule has 1 fully saturated rings. The van der Waals surface area contributed by atoms with Crippen molar-refractivity contribution in [3.63, 3.8) is 0 Å². The SMILES string of the molecule is Cc1ccccc1Oc1nc2ccccn2c(=O)c1C=C(C#N)C(=O)N1CCOCC1. The van der Waals surface area contributed by atoms with Gasteiger partial charge in [-0.1, -0.05) is 24.3 Å². The fraction of sp³-hybridized carbons (Fsp3) is 0.217. The summed E-state index contributed by atoms with van der Waals surface area (Å²) in [6.07, 6.45) is 2.84. The van der Waals surface area contributed by atoms with Gasteiger partial charge in [-0.2, -0.15) is 10.2 Å². The van der Waals surface area contributed by atoms with Crippen LogP contribution in [0.4, 0.5) is 0 Å². The molecule has 1 aliphatic heterocycles. The number of amides is 1. The van der Waals surface area contributed by atoms with Crippen LogP contribution in [0.3, 0.4) is 0 Å². The van der Waals surface area contributed by atoms with Gasteiger partial charge in [-0.25, -0.2) is 0 Å². The molecule has 1 aromatic carbocycles. The maximum Gasteiger partial charge on any atom is 0.269 e. The first-order valence-corrected chi connectivity index (χ1v) is 9.82. The lowest BCUT2D eigenvalue weighted by atomic mass is 10.1. The molecule has 8 heteroatoms. The predicted molar refractivity (Wildman–Crippen MR) is 114 cm³/mol. The van der Waals surface area contributed by atoms with Crippen molar-refractivity contribution in [1.82, 2.24) is 14.3 Å². The van der Waals surface area contributed by atoms with Crippen LogP contribution in [0, 0.1) is 18.3 Å². The van der Waals surface area contributed by atoms with E-state index in [1.54, 1.807) is 30.5 Å². The van der Waals surface area contributed by atoms with Gasteiger partial charge in [-0.05, 0) is 36.8 Å². The highest BCUT2D eigenvalue weighted by Crippen LogP contribution is 2.26. The van der Waals surface area contributed by atoms with Crippen LogP contribution in [-0.4, -0.2) is 46.5 Å². The molecule has 2 aromatic heterocycles. The zero-order valence-electron chi connectivity index (χ0n) is 16.9. The van der Waals surface area contributed by atoms with Crippen LogP contribution >= 0.6 is 0 Å². The Hall–Kier alpha value is -3.96. The number of carbonyl (C=O) groups excluding carboxylic acids is 1. The first-order chi connectivity index (χ1) is 15.1. The quantitative estimate of drug-likeness (QED) is 0.479. The van der Waals surface area contributed by atoms with Gasteiger partial charge in [0, 0.05) is 19.3 Å². The first kappa shape index (κ1) is 20.3. The number of carbonyl (C=O) groups is 1. The number of hydrogen-bond donors (Lipinski definition) is 0. The van der Waals surface area contributed by atoms with E-state index in [0.29, 0.717) is 37.7 Å². The monoisotopic (exact) mass is 416 g/mol. The fourth-order valence-corrected chi connectivity index (χ4v) is 3.28. The maximum absolute atomic E-state index is 13.2. The molecule has 1 aliphatic rings. The second-order valence-corrected chi connectivity index (χ2v) is 7.01. The lowest BCUT2D eigenvalue weighted by Gasteiger charge is -2.26. The standard InChI is InChI=1S/C23H20N4O4/c1-16-6-2-3-7-19(16)31-21-18(23(29)27-9-5-4-8-20(27)25-21)14-17(15-24)22(28)26-10-12-30-13-11-26/h2-9,14H,10-13H2,1H3. The van der Waals surface area contributed by atoms with Crippen LogP contribution in [0.2, 0.25) is 0 Å². The summed E-state index contributed by atoms with van der Waals surface area (Å²) in [6, 6.07) is 14.4. The number of pyridine rings is 1. The number of para-hydroxylation sites is 1. The lowest BCUT2D eigenvalue weighted by molar-refractivity contribution is -0.130. The summed E-state index contributed by atoms with van der Waals surface area (Å²) in [7, 11) is 0. The minimum absolute atomic E-state index is 0.0325. The number of nitrogens with zero attached hydrogens (tertiary/aromatic N) is 4. The number of nitriles is 1. The molecule has 0 bridgehead atoms. The van der Waals surface area contributed by atoms with Gasteiger partial charge >= 0.3 is 0 Å². The van der Waals surface area contributed by atoms with Crippen LogP contribution in [0.25, 0.3) is 11.7 Å². The number of aromatic nitrogens is 2. The summed E-state index contributed by atoms with van der Waals surface area (Å²) in [5.41, 5.74) is 0.691. The van der Waals surface area contributed by atoms with Gasteiger partial charge in [0.25, 0.3) is 11.5 Å². The van der Waals surface area contributed by atoms with Crippen LogP contribution in [0.15, 0.2) is 59.0 Å². The highest BCUT2D eigenvalue weighted by atomic mass is 16.5. The second kappa shape index (κ2) is 8.81. The molecule has 31 heavy (non-hydrogen) atoms. The van der Waals surface area contributed by atoms with Gasteiger partial charge < -0.3 is 14.4 Å². The molecule has 4 rings (SSSR count). The van der Waals surface area contributed by atoms with E-state index in [0.717, 1.165) is 5.56 Å². The van der Waals surface area contributed by atoms with Crippen LogP contribution in [0.1, 0.15) is 11.1 Å². The molecule has 0 atom stereocenters. The largest absolute Gasteiger partial charge is 0.438 e. The van der Waals surface area contributed by atoms with E-state index >= 15 is 0 Å². The number of rotatable bonds is 4. The molecule has 1 saturated heterocycles. The smallest absolute Gasteiger partial charge is 0.269 e. The van der Waals surface area contributed by atoms with Gasteiger partial charge in [0.05, 0.1) is 13.2 Å². The average Bonchev–Trinajstić information content (AvgIpc) is 2.81. The Bertz CT molecular complexity index is 1270. The van der Waals surface area contributed by atoms with Crippen molar-refractivity contribution in [2.75, 3.05) is 26.3 Å². The number of aryl methyl sites for hydroxylation is 1. The Morgan fingerprint density at radius 1 is 1.19 bits per heavy atom. The summed E-state index contributed by atoms with van der Waals surface area (Å²) in [6.45, 7) is 3.47. The van der Waals surface area contributed by atoms with Crippen LogP contribution in [0.5, 0.6) is 11.6 Å². The highest BCUT2D eigenvalue weighted by molar-refractivity contribution is 6.02. The molecular weight excluding hydrogens is 396 g/mol. The highest BCUT2D eigenvalue weighted by Gasteiger charge is 2.23. The Balaban J connectivity index is 1.84. The molecular formula is C23H20N4O4. The first-order valence-electron chi connectivity index (χ1n) is 9.82. The zero-order valence-corrected chi connectivity index (χ0v) is 16.9. The van der Waals surface area contributed by atoms with Gasteiger partial charge in [0.15, 0.2) is 0 Å². The Morgan fingerprint density at radius 2 is 1.94 bits per heavy atom. The number of ether oxygens (including phenoxy) is 2. The predicted octanol–water partition coefficient (Wildman–Crippen LogP) is 2.56. The van der Waals surface area contributed by atoms with E-state index in [1.807, 2.05) is 31.2 Å². The number of morpholine rings is 1. The number of hydrogen-bond acceptors (Lipinski definition) is 6. The van der Waals surface area contributed by atoms with Gasteiger partial charge in [-0.3, -0.25) is 14.0 Å². The molecule has 0 spiro atoms. The normalized spacial score (nSPS) is 14.3. The van der Waals surface area contributed by atoms with E-state index in [1.165, 1.54) is 15.4 Å². The third kappa shape index (κ3) is 4.17. The minimum atomic E-state index is -0.454. The molecule has 0 radical (unpaired) electrons. The third-order valence-electron chi connectivity index (χ3n) is 4.97. The summed E-state index contributed by atoms with van der Waals surface area (Å²) in [5.74, 6) is 0.112. The molecule has 3 aromatic rings. The average molecular weight is 416 g/mol. The summed E-state index contributed by atoms with van der Waals surface area (Å²) < 4.78 is 12.6. The van der Waals surface area contributed by atoms with Crippen LogP contribution < -0.4 is 10.3 Å². The zero-order chi connectivity index (χ0) is 21.8. The van der Waals surface area contributed by atoms with Crippen molar-refractivity contribution in [2.45, 2.75) is 6.92 Å². The molecule has 0 saturated carbocycles. The molecule has 0 unspecified atom stereocenters.